The molecule has 0 amide bonds. The Labute approximate surface area is 448 Å². The second-order valence-electron chi connectivity index (χ2n) is 18.8. The van der Waals surface area contributed by atoms with Crippen molar-refractivity contribution in [1.29, 1.82) is 0 Å². The molecule has 73 heavy (non-hydrogen) atoms. The molecule has 0 rings (SSSR count). The van der Waals surface area contributed by atoms with Crippen molar-refractivity contribution in [2.45, 2.75) is 245 Å². The van der Waals surface area contributed by atoms with Gasteiger partial charge >= 0.3 is 17.9 Å². The number of hydrogen-bond donors (Lipinski definition) is 0. The van der Waals surface area contributed by atoms with Crippen LogP contribution in [0.15, 0.2) is 146 Å². The van der Waals surface area contributed by atoms with Crippen LogP contribution >= 0.6 is 0 Å². The number of hydrogen-bond acceptors (Lipinski definition) is 6. The van der Waals surface area contributed by atoms with E-state index in [-0.39, 0.29) is 37.5 Å². The average molecular weight is 1010 g/mol. The van der Waals surface area contributed by atoms with E-state index in [0.29, 0.717) is 19.3 Å². The molecule has 0 aromatic rings. The van der Waals surface area contributed by atoms with Crippen LogP contribution in [0.2, 0.25) is 0 Å². The largest absolute Gasteiger partial charge is 0.462 e. The summed E-state index contributed by atoms with van der Waals surface area (Å²) >= 11 is 0. The van der Waals surface area contributed by atoms with Crippen LogP contribution in [0.5, 0.6) is 0 Å². The van der Waals surface area contributed by atoms with E-state index in [0.717, 1.165) is 135 Å². The maximum atomic E-state index is 12.8. The quantitative estimate of drug-likeness (QED) is 0.0261. The molecule has 0 saturated heterocycles. The second-order valence-corrected chi connectivity index (χ2v) is 18.8. The summed E-state index contributed by atoms with van der Waals surface area (Å²) in [5, 5.41) is 0. The monoisotopic (exact) mass is 1010 g/mol. The van der Waals surface area contributed by atoms with Gasteiger partial charge in [-0.15, -0.1) is 0 Å². The number of allylic oxidation sites excluding steroid dienone is 24. The Morgan fingerprint density at radius 3 is 0.808 bits per heavy atom. The lowest BCUT2D eigenvalue weighted by molar-refractivity contribution is -0.167. The van der Waals surface area contributed by atoms with Crippen molar-refractivity contribution in [2.24, 2.45) is 0 Å². The van der Waals surface area contributed by atoms with Crippen LogP contribution in [-0.4, -0.2) is 37.2 Å². The molecule has 0 aromatic carbocycles. The van der Waals surface area contributed by atoms with Crippen molar-refractivity contribution in [3.8, 4) is 0 Å². The van der Waals surface area contributed by atoms with Gasteiger partial charge in [0.25, 0.3) is 0 Å². The highest BCUT2D eigenvalue weighted by Crippen LogP contribution is 2.14. The molecule has 410 valence electrons. The molecule has 0 spiro atoms. The standard InChI is InChI=1S/C67H106O6/c1-4-7-10-13-16-19-22-25-27-28-29-30-31-32-33-34-35-36-37-38-40-42-45-48-51-54-57-60-66(69)72-63-64(62-71-65(68)59-56-53-50-47-44-41-24-21-18-15-12-9-6-3)73-67(70)61-58-55-52-49-46-43-39-26-23-20-17-14-11-8-5-2/h7-12,16-21,25-27,29-30,32-33,39,41,44,46,49,64H,4-6,13-15,22-24,28,31,34-38,40,42-43,45,47-48,50-63H2,1-3H3/b10-7-,11-8-,12-9-,19-16-,20-17-,21-18-,27-25-,30-29-,33-32-,39-26-,44-41-,49-46-. The number of rotatable bonds is 51. The highest BCUT2D eigenvalue weighted by atomic mass is 16.6. The number of carbonyl (C=O) groups excluding carboxylic acids is 3. The van der Waals surface area contributed by atoms with Crippen LogP contribution in [-0.2, 0) is 28.6 Å². The zero-order valence-electron chi connectivity index (χ0n) is 46.8. The topological polar surface area (TPSA) is 78.9 Å². The van der Waals surface area contributed by atoms with E-state index < -0.39 is 6.10 Å². The lowest BCUT2D eigenvalue weighted by Gasteiger charge is -2.18. The predicted octanol–water partition coefficient (Wildman–Crippen LogP) is 20.0. The lowest BCUT2D eigenvalue weighted by atomic mass is 10.0. The van der Waals surface area contributed by atoms with Crippen LogP contribution in [0.3, 0.4) is 0 Å². The summed E-state index contributed by atoms with van der Waals surface area (Å²) in [5.74, 6) is -0.992. The summed E-state index contributed by atoms with van der Waals surface area (Å²) in [6.45, 7) is 6.22. The van der Waals surface area contributed by atoms with Gasteiger partial charge in [0.05, 0.1) is 0 Å². The highest BCUT2D eigenvalue weighted by molar-refractivity contribution is 5.71. The van der Waals surface area contributed by atoms with Gasteiger partial charge in [-0.2, -0.15) is 0 Å². The van der Waals surface area contributed by atoms with Gasteiger partial charge in [0.1, 0.15) is 13.2 Å². The average Bonchev–Trinajstić information content (AvgIpc) is 3.39. The zero-order chi connectivity index (χ0) is 52.9. The normalized spacial score (nSPS) is 13.2. The van der Waals surface area contributed by atoms with E-state index in [4.69, 9.17) is 14.2 Å². The fourth-order valence-electron chi connectivity index (χ4n) is 7.53. The molecule has 0 heterocycles. The minimum Gasteiger partial charge on any atom is -0.462 e. The van der Waals surface area contributed by atoms with Crippen LogP contribution in [0, 0.1) is 0 Å². The molecule has 0 radical (unpaired) electrons. The zero-order valence-corrected chi connectivity index (χ0v) is 46.8. The van der Waals surface area contributed by atoms with Crippen molar-refractivity contribution in [3.05, 3.63) is 146 Å². The number of unbranched alkanes of at least 4 members (excludes halogenated alkanes) is 16. The minimum absolute atomic E-state index is 0.111. The molecule has 6 nitrogen and oxygen atoms in total. The molecule has 0 aliphatic rings. The SMILES string of the molecule is CC/C=C\C/C=C\C/C=C\C/C=C\C/C=C\CCCCCCCCCCCCCC(=O)OCC(COC(=O)CCCCC/C=C\C/C=C\C/C=C\CC)OC(=O)CCCC/C=C\C/C=C\C/C=C\C/C=C\CC. The first-order valence-corrected chi connectivity index (χ1v) is 29.3. The Hall–Kier alpha value is -4.71. The second kappa shape index (κ2) is 59.8. The molecule has 6 heteroatoms. The highest BCUT2D eigenvalue weighted by Gasteiger charge is 2.19. The maximum Gasteiger partial charge on any atom is 0.306 e. The summed E-state index contributed by atoms with van der Waals surface area (Å²) in [6.07, 6.45) is 85.7. The first-order valence-electron chi connectivity index (χ1n) is 29.3. The third kappa shape index (κ3) is 58.1. The number of carbonyl (C=O) groups is 3. The van der Waals surface area contributed by atoms with E-state index in [1.165, 1.54) is 57.8 Å². The van der Waals surface area contributed by atoms with Crippen molar-refractivity contribution in [2.75, 3.05) is 13.2 Å². The molecule has 1 atom stereocenters. The van der Waals surface area contributed by atoms with E-state index in [9.17, 15) is 14.4 Å². The molecule has 0 fully saturated rings. The summed E-state index contributed by atoms with van der Waals surface area (Å²) in [6, 6.07) is 0. The molecule has 1 unspecified atom stereocenters. The number of ether oxygens (including phenoxy) is 3. The van der Waals surface area contributed by atoms with Crippen LogP contribution in [0.1, 0.15) is 239 Å². The summed E-state index contributed by atoms with van der Waals surface area (Å²) in [4.78, 5) is 38.1. The molecule has 0 saturated carbocycles. The molecular formula is C67H106O6. The van der Waals surface area contributed by atoms with Crippen molar-refractivity contribution >= 4 is 17.9 Å². The third-order valence-electron chi connectivity index (χ3n) is 11.8. The number of esters is 3. The fourth-order valence-corrected chi connectivity index (χ4v) is 7.53. The summed E-state index contributed by atoms with van der Waals surface area (Å²) in [7, 11) is 0. The fraction of sp³-hybridized carbons (Fsp3) is 0.597. The molecule has 0 N–H and O–H groups in total. The Bertz CT molecular complexity index is 1630. The van der Waals surface area contributed by atoms with Gasteiger partial charge in [0.15, 0.2) is 6.10 Å². The van der Waals surface area contributed by atoms with Gasteiger partial charge in [-0.3, -0.25) is 14.4 Å². The Morgan fingerprint density at radius 2 is 0.493 bits per heavy atom. The molecule has 0 aromatic heterocycles. The molecular weight excluding hydrogens is 901 g/mol. The van der Waals surface area contributed by atoms with E-state index >= 15 is 0 Å². The van der Waals surface area contributed by atoms with Crippen molar-refractivity contribution in [3.63, 3.8) is 0 Å². The molecule has 0 bridgehead atoms. The van der Waals surface area contributed by atoms with Crippen molar-refractivity contribution < 1.29 is 28.6 Å². The van der Waals surface area contributed by atoms with Gasteiger partial charge in [-0.05, 0) is 135 Å². The Kier molecular flexibility index (Phi) is 56.0. The third-order valence-corrected chi connectivity index (χ3v) is 11.8. The van der Waals surface area contributed by atoms with Crippen LogP contribution < -0.4 is 0 Å². The van der Waals surface area contributed by atoms with Gasteiger partial charge in [0.2, 0.25) is 0 Å². The van der Waals surface area contributed by atoms with Gasteiger partial charge in [0, 0.05) is 19.3 Å². The summed E-state index contributed by atoms with van der Waals surface area (Å²) in [5.41, 5.74) is 0. The van der Waals surface area contributed by atoms with Gasteiger partial charge < -0.3 is 14.2 Å². The van der Waals surface area contributed by atoms with Crippen LogP contribution in [0.25, 0.3) is 0 Å². The first-order chi connectivity index (χ1) is 36.0. The first kappa shape index (κ1) is 68.3. The van der Waals surface area contributed by atoms with Crippen molar-refractivity contribution in [1.82, 2.24) is 0 Å². The van der Waals surface area contributed by atoms with Crippen LogP contribution in [0.4, 0.5) is 0 Å². The van der Waals surface area contributed by atoms with Gasteiger partial charge in [-0.25, -0.2) is 0 Å². The van der Waals surface area contributed by atoms with E-state index in [1.54, 1.807) is 0 Å². The van der Waals surface area contributed by atoms with E-state index in [1.807, 2.05) is 0 Å². The van der Waals surface area contributed by atoms with E-state index in [2.05, 4.69) is 167 Å². The smallest absolute Gasteiger partial charge is 0.306 e. The lowest BCUT2D eigenvalue weighted by Crippen LogP contribution is -2.30. The predicted molar refractivity (Wildman–Crippen MR) is 315 cm³/mol. The molecule has 0 aliphatic heterocycles. The summed E-state index contributed by atoms with van der Waals surface area (Å²) < 4.78 is 16.8. The maximum absolute atomic E-state index is 12.8. The Morgan fingerprint density at radius 1 is 0.274 bits per heavy atom. The molecule has 0 aliphatic carbocycles. The van der Waals surface area contributed by atoms with Gasteiger partial charge in [-0.1, -0.05) is 231 Å². The minimum atomic E-state index is -0.819. The Balaban J connectivity index is 4.37.